The van der Waals surface area contributed by atoms with E-state index in [1.54, 1.807) is 0 Å². The van der Waals surface area contributed by atoms with E-state index < -0.39 is 0 Å². The summed E-state index contributed by atoms with van der Waals surface area (Å²) >= 11 is 0. The molecule has 1 rings (SSSR count). The maximum Gasteiger partial charge on any atom is 0.222 e. The van der Waals surface area contributed by atoms with Gasteiger partial charge in [0.05, 0.1) is 19.3 Å². The Morgan fingerprint density at radius 1 is 1.20 bits per heavy atom. The number of hydrogen-bond acceptors (Lipinski definition) is 4. The van der Waals surface area contributed by atoms with Gasteiger partial charge in [0.25, 0.3) is 0 Å². The molecule has 0 aromatic heterocycles. The summed E-state index contributed by atoms with van der Waals surface area (Å²) in [6.07, 6.45) is 0.142. The van der Waals surface area contributed by atoms with Crippen molar-refractivity contribution in [1.29, 1.82) is 0 Å². The molecule has 1 fully saturated rings. The van der Waals surface area contributed by atoms with E-state index in [1.807, 2.05) is 20.8 Å². The number of amides is 1. The summed E-state index contributed by atoms with van der Waals surface area (Å²) in [6.45, 7) is 16.8. The number of guanidine groups is 1. The van der Waals surface area contributed by atoms with Crippen LogP contribution in [0.2, 0.25) is 0 Å². The third kappa shape index (κ3) is 9.65. The molecule has 1 heterocycles. The third-order valence-electron chi connectivity index (χ3n) is 3.88. The molecule has 0 aliphatic carbocycles. The molecule has 7 nitrogen and oxygen atoms in total. The van der Waals surface area contributed by atoms with Crippen molar-refractivity contribution in [3.05, 3.63) is 0 Å². The SMILES string of the molecule is CCNC(=NCC1CN(CC(C)C)CCO1)NCCNC(=O)C(C)C. The van der Waals surface area contributed by atoms with Gasteiger partial charge in [-0.05, 0) is 12.8 Å². The summed E-state index contributed by atoms with van der Waals surface area (Å²) in [5.74, 6) is 1.52. The van der Waals surface area contributed by atoms with Crippen molar-refractivity contribution in [2.24, 2.45) is 16.8 Å². The van der Waals surface area contributed by atoms with Gasteiger partial charge in [-0.15, -0.1) is 0 Å². The van der Waals surface area contributed by atoms with Gasteiger partial charge in [-0.1, -0.05) is 27.7 Å². The summed E-state index contributed by atoms with van der Waals surface area (Å²) in [5.41, 5.74) is 0. The van der Waals surface area contributed by atoms with Crippen LogP contribution >= 0.6 is 0 Å². The van der Waals surface area contributed by atoms with Crippen LogP contribution in [0, 0.1) is 11.8 Å². The van der Waals surface area contributed by atoms with Crippen molar-refractivity contribution in [2.45, 2.75) is 40.7 Å². The number of carbonyl (C=O) groups excluding carboxylic acids is 1. The van der Waals surface area contributed by atoms with Gasteiger partial charge >= 0.3 is 0 Å². The Kier molecular flexibility index (Phi) is 10.5. The average Bonchev–Trinajstić information content (AvgIpc) is 2.55. The standard InChI is InChI=1S/C18H37N5O2/c1-6-19-18(21-8-7-20-17(24)15(4)5)22-11-16-13-23(9-10-25-16)12-14(2)3/h14-16H,6-13H2,1-5H3,(H,20,24)(H2,19,21,22). The molecule has 1 saturated heterocycles. The largest absolute Gasteiger partial charge is 0.374 e. The highest BCUT2D eigenvalue weighted by Gasteiger charge is 2.20. The topological polar surface area (TPSA) is 78.0 Å². The third-order valence-corrected chi connectivity index (χ3v) is 3.88. The molecule has 7 heteroatoms. The molecule has 0 bridgehead atoms. The van der Waals surface area contributed by atoms with Crippen LogP contribution in [0.3, 0.4) is 0 Å². The number of morpholine rings is 1. The molecular formula is C18H37N5O2. The number of rotatable bonds is 9. The predicted molar refractivity (Wildman–Crippen MR) is 103 cm³/mol. The van der Waals surface area contributed by atoms with Gasteiger partial charge in [0.2, 0.25) is 5.91 Å². The van der Waals surface area contributed by atoms with E-state index in [0.29, 0.717) is 25.6 Å². The second-order valence-electron chi connectivity index (χ2n) is 7.24. The first kappa shape index (κ1) is 21.7. The molecule has 0 saturated carbocycles. The van der Waals surface area contributed by atoms with E-state index in [0.717, 1.165) is 38.7 Å². The van der Waals surface area contributed by atoms with Gasteiger partial charge in [-0.3, -0.25) is 14.7 Å². The lowest BCUT2D eigenvalue weighted by Crippen LogP contribution is -2.46. The molecule has 0 radical (unpaired) electrons. The zero-order valence-corrected chi connectivity index (χ0v) is 16.6. The molecule has 3 N–H and O–H groups in total. The molecule has 0 aromatic rings. The number of nitrogens with zero attached hydrogens (tertiary/aromatic N) is 2. The molecule has 1 unspecified atom stereocenters. The summed E-state index contributed by atoms with van der Waals surface area (Å²) in [6, 6.07) is 0. The van der Waals surface area contributed by atoms with Crippen molar-refractivity contribution in [2.75, 3.05) is 52.4 Å². The van der Waals surface area contributed by atoms with E-state index >= 15 is 0 Å². The zero-order chi connectivity index (χ0) is 18.7. The summed E-state index contributed by atoms with van der Waals surface area (Å²) in [5, 5.41) is 9.38. The van der Waals surface area contributed by atoms with Crippen LogP contribution in [0.5, 0.6) is 0 Å². The van der Waals surface area contributed by atoms with Crippen LogP contribution in [0.1, 0.15) is 34.6 Å². The van der Waals surface area contributed by atoms with E-state index in [-0.39, 0.29) is 17.9 Å². The van der Waals surface area contributed by atoms with E-state index in [2.05, 4.69) is 39.7 Å². The molecule has 0 spiro atoms. The summed E-state index contributed by atoms with van der Waals surface area (Å²) in [4.78, 5) is 18.6. The fourth-order valence-electron chi connectivity index (χ4n) is 2.68. The Hall–Kier alpha value is -1.34. The lowest BCUT2D eigenvalue weighted by molar-refractivity contribution is -0.123. The Bertz CT molecular complexity index is 412. The smallest absolute Gasteiger partial charge is 0.222 e. The first-order valence-corrected chi connectivity index (χ1v) is 9.56. The number of nitrogens with one attached hydrogen (secondary N) is 3. The van der Waals surface area contributed by atoms with Gasteiger partial charge in [0, 0.05) is 45.2 Å². The van der Waals surface area contributed by atoms with Crippen LogP contribution in [0.15, 0.2) is 4.99 Å². The molecular weight excluding hydrogens is 318 g/mol. The number of carbonyl (C=O) groups is 1. The fourth-order valence-corrected chi connectivity index (χ4v) is 2.68. The van der Waals surface area contributed by atoms with E-state index in [1.165, 1.54) is 0 Å². The molecule has 1 amide bonds. The van der Waals surface area contributed by atoms with Gasteiger partial charge in [0.1, 0.15) is 0 Å². The molecule has 0 aromatic carbocycles. The van der Waals surface area contributed by atoms with Gasteiger partial charge in [-0.2, -0.15) is 0 Å². The number of hydrogen-bond donors (Lipinski definition) is 3. The molecule has 25 heavy (non-hydrogen) atoms. The maximum absolute atomic E-state index is 11.5. The van der Waals surface area contributed by atoms with Gasteiger partial charge in [-0.25, -0.2) is 0 Å². The quantitative estimate of drug-likeness (QED) is 0.322. The van der Waals surface area contributed by atoms with E-state index in [9.17, 15) is 4.79 Å². The zero-order valence-electron chi connectivity index (χ0n) is 16.6. The minimum absolute atomic E-state index is 0.0131. The highest BCUT2D eigenvalue weighted by molar-refractivity contribution is 5.80. The number of aliphatic imine (C=N–C) groups is 1. The maximum atomic E-state index is 11.5. The van der Waals surface area contributed by atoms with Crippen LogP contribution in [0.25, 0.3) is 0 Å². The Labute approximate surface area is 153 Å². The molecule has 1 aliphatic rings. The molecule has 146 valence electrons. The lowest BCUT2D eigenvalue weighted by atomic mass is 10.2. The summed E-state index contributed by atoms with van der Waals surface area (Å²) in [7, 11) is 0. The summed E-state index contributed by atoms with van der Waals surface area (Å²) < 4.78 is 5.84. The van der Waals surface area contributed by atoms with Crippen molar-refractivity contribution < 1.29 is 9.53 Å². The minimum Gasteiger partial charge on any atom is -0.374 e. The molecule has 1 atom stereocenters. The van der Waals surface area contributed by atoms with E-state index in [4.69, 9.17) is 4.74 Å². The Morgan fingerprint density at radius 3 is 2.56 bits per heavy atom. The minimum atomic E-state index is 0.0131. The van der Waals surface area contributed by atoms with Gasteiger partial charge in [0.15, 0.2) is 5.96 Å². The first-order chi connectivity index (χ1) is 11.9. The highest BCUT2D eigenvalue weighted by atomic mass is 16.5. The van der Waals surface area contributed by atoms with Crippen LogP contribution in [-0.2, 0) is 9.53 Å². The first-order valence-electron chi connectivity index (χ1n) is 9.56. The Balaban J connectivity index is 2.37. The van der Waals surface area contributed by atoms with Crippen molar-refractivity contribution in [3.63, 3.8) is 0 Å². The van der Waals surface area contributed by atoms with Crippen molar-refractivity contribution in [1.82, 2.24) is 20.9 Å². The second-order valence-corrected chi connectivity index (χ2v) is 7.24. The Morgan fingerprint density at radius 2 is 1.92 bits per heavy atom. The van der Waals surface area contributed by atoms with Crippen LogP contribution < -0.4 is 16.0 Å². The van der Waals surface area contributed by atoms with Crippen LogP contribution in [-0.4, -0.2) is 75.3 Å². The highest BCUT2D eigenvalue weighted by Crippen LogP contribution is 2.08. The normalized spacial score (nSPS) is 19.3. The van der Waals surface area contributed by atoms with Crippen LogP contribution in [0.4, 0.5) is 0 Å². The van der Waals surface area contributed by atoms with Gasteiger partial charge < -0.3 is 20.7 Å². The molecule has 1 aliphatic heterocycles. The monoisotopic (exact) mass is 355 g/mol. The predicted octanol–water partition coefficient (Wildman–Crippen LogP) is 0.671. The second kappa shape index (κ2) is 12.1. The average molecular weight is 356 g/mol. The number of ether oxygens (including phenoxy) is 1. The van der Waals surface area contributed by atoms with Crippen molar-refractivity contribution >= 4 is 11.9 Å². The lowest BCUT2D eigenvalue weighted by Gasteiger charge is -2.33. The fraction of sp³-hybridized carbons (Fsp3) is 0.889. The van der Waals surface area contributed by atoms with Crippen molar-refractivity contribution in [3.8, 4) is 0 Å².